The Morgan fingerprint density at radius 3 is 2.21 bits per heavy atom. The van der Waals surface area contributed by atoms with Crippen LogP contribution in [0.4, 0.5) is 11.5 Å². The molecule has 0 unspecified atom stereocenters. The third-order valence-electron chi connectivity index (χ3n) is 6.70. The summed E-state index contributed by atoms with van der Waals surface area (Å²) >= 11 is 0. The highest BCUT2D eigenvalue weighted by Gasteiger charge is 2.32. The van der Waals surface area contributed by atoms with Gasteiger partial charge in [-0.2, -0.15) is 0 Å². The van der Waals surface area contributed by atoms with Gasteiger partial charge in [0.05, 0.1) is 0 Å². The Labute approximate surface area is 220 Å². The van der Waals surface area contributed by atoms with Crippen LogP contribution in [0, 0.1) is 5.92 Å². The Kier molecular flexibility index (Phi) is 7.80. The van der Waals surface area contributed by atoms with Gasteiger partial charge in [-0.05, 0) is 36.3 Å². The smallest absolute Gasteiger partial charge is 0.330 e. The maximum absolute atomic E-state index is 13.4. The first-order chi connectivity index (χ1) is 18.1. The zero-order chi connectivity index (χ0) is 27.6. The van der Waals surface area contributed by atoms with E-state index >= 15 is 0 Å². The number of carbonyl (C=O) groups excluding carboxylic acids is 3. The van der Waals surface area contributed by atoms with Gasteiger partial charge in [0.1, 0.15) is 5.82 Å². The first-order valence-corrected chi connectivity index (χ1v) is 13.0. The lowest BCUT2D eigenvalue weighted by Gasteiger charge is -2.28. The van der Waals surface area contributed by atoms with E-state index in [2.05, 4.69) is 4.98 Å². The number of nitrogens with zero attached hydrogens (tertiary/aromatic N) is 3. The summed E-state index contributed by atoms with van der Waals surface area (Å²) in [6.07, 6.45) is 1.59. The van der Waals surface area contributed by atoms with E-state index in [0.717, 1.165) is 11.8 Å². The summed E-state index contributed by atoms with van der Waals surface area (Å²) in [5.41, 5.74) is 5.79. The van der Waals surface area contributed by atoms with Crippen LogP contribution in [0.1, 0.15) is 67.2 Å². The monoisotopic (exact) mass is 519 g/mol. The molecule has 0 bridgehead atoms. The molecule has 200 valence electrons. The first-order valence-electron chi connectivity index (χ1n) is 13.0. The molecule has 1 aromatic heterocycles. The Balaban J connectivity index is 1.55. The van der Waals surface area contributed by atoms with E-state index in [1.54, 1.807) is 24.3 Å². The van der Waals surface area contributed by atoms with Gasteiger partial charge in [-0.1, -0.05) is 51.5 Å². The molecular weight excluding hydrogens is 486 g/mol. The van der Waals surface area contributed by atoms with Gasteiger partial charge in [-0.25, -0.2) is 4.79 Å². The molecule has 3 aromatic rings. The number of H-pyrrole nitrogens is 1. The molecule has 10 nitrogen and oxygen atoms in total. The Bertz CT molecular complexity index is 1470. The standard InChI is InChI=1S/C28H33N5O5/c1-4-5-14-31(23-24(29)33(16-17(2)3)28(38)30-25(23)35)21(34)13-8-15-32-26(36)19-11-6-9-18-10-7-12-20(22(18)19)27(32)37/h6-7,9-12,17H,4-5,8,13-16,29H2,1-3H3,(H,30,35,38). The number of anilines is 2. The van der Waals surface area contributed by atoms with Gasteiger partial charge in [0.15, 0.2) is 5.69 Å². The summed E-state index contributed by atoms with van der Waals surface area (Å²) < 4.78 is 1.27. The molecule has 1 aliphatic heterocycles. The lowest BCUT2D eigenvalue weighted by molar-refractivity contribution is -0.118. The summed E-state index contributed by atoms with van der Waals surface area (Å²) in [6.45, 7) is 6.38. The largest absolute Gasteiger partial charge is 0.383 e. The fourth-order valence-corrected chi connectivity index (χ4v) is 4.87. The Morgan fingerprint density at radius 2 is 1.63 bits per heavy atom. The van der Waals surface area contributed by atoms with Crippen LogP contribution in [-0.2, 0) is 11.3 Å². The van der Waals surface area contributed by atoms with Crippen LogP contribution in [0.2, 0.25) is 0 Å². The van der Waals surface area contributed by atoms with E-state index in [-0.39, 0.29) is 55.8 Å². The van der Waals surface area contributed by atoms with E-state index in [0.29, 0.717) is 22.9 Å². The summed E-state index contributed by atoms with van der Waals surface area (Å²) in [7, 11) is 0. The molecule has 0 saturated heterocycles. The molecule has 10 heteroatoms. The lowest BCUT2D eigenvalue weighted by Crippen LogP contribution is -2.43. The molecule has 0 aliphatic carbocycles. The van der Waals surface area contributed by atoms with Crippen molar-refractivity contribution in [2.75, 3.05) is 23.7 Å². The maximum Gasteiger partial charge on any atom is 0.330 e. The molecule has 3 amide bonds. The van der Waals surface area contributed by atoms with Crippen molar-refractivity contribution < 1.29 is 14.4 Å². The van der Waals surface area contributed by atoms with Gasteiger partial charge in [-0.15, -0.1) is 0 Å². The normalized spacial score (nSPS) is 13.0. The average molecular weight is 520 g/mol. The number of aromatic amines is 1. The van der Waals surface area contributed by atoms with Crippen molar-refractivity contribution >= 4 is 40.0 Å². The van der Waals surface area contributed by atoms with Crippen LogP contribution < -0.4 is 21.9 Å². The summed E-state index contributed by atoms with van der Waals surface area (Å²) in [5.74, 6) is -1.12. The fraction of sp³-hybridized carbons (Fsp3) is 0.393. The van der Waals surface area contributed by atoms with E-state index in [4.69, 9.17) is 5.73 Å². The molecule has 2 heterocycles. The number of unbranched alkanes of at least 4 members (excludes halogenated alkanes) is 1. The van der Waals surface area contributed by atoms with E-state index in [9.17, 15) is 24.0 Å². The minimum absolute atomic E-state index is 0.0190. The second-order valence-electron chi connectivity index (χ2n) is 9.97. The van der Waals surface area contributed by atoms with Gasteiger partial charge in [0.2, 0.25) is 5.91 Å². The number of nitrogen functional groups attached to an aromatic ring is 1. The van der Waals surface area contributed by atoms with Crippen LogP contribution in [0.25, 0.3) is 10.8 Å². The molecule has 0 atom stereocenters. The van der Waals surface area contributed by atoms with Crippen molar-refractivity contribution in [1.82, 2.24) is 14.5 Å². The number of imide groups is 1. The van der Waals surface area contributed by atoms with Crippen LogP contribution in [0.15, 0.2) is 46.0 Å². The molecule has 1 aliphatic rings. The van der Waals surface area contributed by atoms with Gasteiger partial charge in [0.25, 0.3) is 17.4 Å². The quantitative estimate of drug-likeness (QED) is 0.395. The van der Waals surface area contributed by atoms with Gasteiger partial charge in [-0.3, -0.25) is 33.6 Å². The third kappa shape index (κ3) is 4.98. The average Bonchev–Trinajstić information content (AvgIpc) is 2.88. The van der Waals surface area contributed by atoms with Crippen molar-refractivity contribution in [2.24, 2.45) is 5.92 Å². The highest BCUT2D eigenvalue weighted by atomic mass is 16.2. The zero-order valence-corrected chi connectivity index (χ0v) is 22.0. The Hall–Kier alpha value is -4.21. The molecular formula is C28H33N5O5. The van der Waals surface area contributed by atoms with Crippen LogP contribution in [0.5, 0.6) is 0 Å². The van der Waals surface area contributed by atoms with Crippen molar-refractivity contribution in [1.29, 1.82) is 0 Å². The predicted molar refractivity (Wildman–Crippen MR) is 146 cm³/mol. The first kappa shape index (κ1) is 26.8. The molecule has 38 heavy (non-hydrogen) atoms. The van der Waals surface area contributed by atoms with Gasteiger partial charge < -0.3 is 10.6 Å². The van der Waals surface area contributed by atoms with Crippen LogP contribution in [-0.4, -0.2) is 45.3 Å². The molecule has 4 rings (SSSR count). The number of hydrogen-bond donors (Lipinski definition) is 2. The minimum Gasteiger partial charge on any atom is -0.383 e. The molecule has 0 radical (unpaired) electrons. The highest BCUT2D eigenvalue weighted by molar-refractivity contribution is 6.25. The number of benzene rings is 2. The number of aromatic nitrogens is 2. The van der Waals surface area contributed by atoms with Crippen molar-refractivity contribution in [3.05, 3.63) is 68.4 Å². The summed E-state index contributed by atoms with van der Waals surface area (Å²) in [6, 6.07) is 10.7. The maximum atomic E-state index is 13.4. The fourth-order valence-electron chi connectivity index (χ4n) is 4.87. The molecule has 2 aromatic carbocycles. The predicted octanol–water partition coefficient (Wildman–Crippen LogP) is 3.14. The SMILES string of the molecule is CCCCN(C(=O)CCCN1C(=O)c2cccc3cccc(c23)C1=O)c1c(N)n(CC(C)C)c(=O)[nH]c1=O. The summed E-state index contributed by atoms with van der Waals surface area (Å²) in [4.78, 5) is 69.6. The molecule has 0 spiro atoms. The molecule has 0 fully saturated rings. The molecule has 3 N–H and O–H groups in total. The third-order valence-corrected chi connectivity index (χ3v) is 6.70. The zero-order valence-electron chi connectivity index (χ0n) is 22.0. The highest BCUT2D eigenvalue weighted by Crippen LogP contribution is 2.30. The molecule has 0 saturated carbocycles. The van der Waals surface area contributed by atoms with E-state index < -0.39 is 23.1 Å². The number of amides is 3. The number of carbonyl (C=O) groups is 3. The number of nitrogens with two attached hydrogens (primary N) is 1. The van der Waals surface area contributed by atoms with E-state index in [1.807, 2.05) is 32.9 Å². The topological polar surface area (TPSA) is 139 Å². The number of nitrogens with one attached hydrogen (secondary N) is 1. The number of hydrogen-bond acceptors (Lipinski definition) is 6. The van der Waals surface area contributed by atoms with Gasteiger partial charge >= 0.3 is 5.69 Å². The van der Waals surface area contributed by atoms with E-state index in [1.165, 1.54) is 14.4 Å². The minimum atomic E-state index is -0.719. The van der Waals surface area contributed by atoms with Crippen LogP contribution >= 0.6 is 0 Å². The lowest BCUT2D eigenvalue weighted by atomic mass is 9.94. The van der Waals surface area contributed by atoms with Crippen molar-refractivity contribution in [3.8, 4) is 0 Å². The second kappa shape index (κ2) is 11.0. The second-order valence-corrected chi connectivity index (χ2v) is 9.97. The van der Waals surface area contributed by atoms with Crippen molar-refractivity contribution in [3.63, 3.8) is 0 Å². The number of rotatable bonds is 10. The van der Waals surface area contributed by atoms with Crippen molar-refractivity contribution in [2.45, 2.75) is 53.0 Å². The Morgan fingerprint density at radius 1 is 1.00 bits per heavy atom. The van der Waals surface area contributed by atoms with Crippen LogP contribution in [0.3, 0.4) is 0 Å². The van der Waals surface area contributed by atoms with Gasteiger partial charge in [0, 0.05) is 42.6 Å². The summed E-state index contributed by atoms with van der Waals surface area (Å²) in [5, 5.41) is 1.47.